The van der Waals surface area contributed by atoms with Gasteiger partial charge in [0.15, 0.2) is 0 Å². The largest absolute Gasteiger partial charge is 0.493 e. The fraction of sp³-hybridized carbons (Fsp3) is 0.174. The molecule has 0 fully saturated rings. The van der Waals surface area contributed by atoms with Gasteiger partial charge in [-0.15, -0.1) is 0 Å². The van der Waals surface area contributed by atoms with Gasteiger partial charge in [0, 0.05) is 21.8 Å². The summed E-state index contributed by atoms with van der Waals surface area (Å²) in [4.78, 5) is 12.6. The lowest BCUT2D eigenvalue weighted by Gasteiger charge is -2.14. The molecular formula is C23H19ClF3NO3. The monoisotopic (exact) mass is 449 g/mol. The number of carbonyl (C=O) groups is 1. The third-order valence-electron chi connectivity index (χ3n) is 4.28. The number of anilines is 1. The van der Waals surface area contributed by atoms with Crippen molar-refractivity contribution in [2.75, 3.05) is 11.9 Å². The normalized spacial score (nSPS) is 11.1. The number of rotatable bonds is 7. The van der Waals surface area contributed by atoms with Gasteiger partial charge in [0.1, 0.15) is 18.1 Å². The molecule has 162 valence electrons. The number of benzene rings is 3. The number of amides is 1. The maximum absolute atomic E-state index is 12.7. The van der Waals surface area contributed by atoms with Crippen LogP contribution in [0.25, 0.3) is 0 Å². The van der Waals surface area contributed by atoms with Gasteiger partial charge >= 0.3 is 6.18 Å². The fourth-order valence-corrected chi connectivity index (χ4v) is 2.97. The van der Waals surface area contributed by atoms with Crippen LogP contribution in [0.5, 0.6) is 11.5 Å². The van der Waals surface area contributed by atoms with E-state index in [9.17, 15) is 18.0 Å². The zero-order valence-electron chi connectivity index (χ0n) is 16.5. The average molecular weight is 450 g/mol. The van der Waals surface area contributed by atoms with E-state index in [-0.39, 0.29) is 12.3 Å². The highest BCUT2D eigenvalue weighted by molar-refractivity contribution is 6.30. The van der Waals surface area contributed by atoms with Crippen molar-refractivity contribution < 1.29 is 27.4 Å². The Morgan fingerprint density at radius 2 is 1.74 bits per heavy atom. The summed E-state index contributed by atoms with van der Waals surface area (Å²) in [6.07, 6.45) is -4.43. The van der Waals surface area contributed by atoms with Gasteiger partial charge in [0.25, 0.3) is 5.91 Å². The maximum Gasteiger partial charge on any atom is 0.416 e. The van der Waals surface area contributed by atoms with E-state index in [4.69, 9.17) is 21.1 Å². The first-order valence-electron chi connectivity index (χ1n) is 9.39. The van der Waals surface area contributed by atoms with Crippen molar-refractivity contribution in [3.05, 3.63) is 88.4 Å². The van der Waals surface area contributed by atoms with Gasteiger partial charge in [0.2, 0.25) is 0 Å². The van der Waals surface area contributed by atoms with E-state index >= 15 is 0 Å². The highest BCUT2D eigenvalue weighted by Gasteiger charge is 2.30. The van der Waals surface area contributed by atoms with Crippen molar-refractivity contribution in [3.8, 4) is 11.5 Å². The van der Waals surface area contributed by atoms with Crippen LogP contribution < -0.4 is 14.8 Å². The first kappa shape index (κ1) is 22.5. The lowest BCUT2D eigenvalue weighted by Crippen LogP contribution is -2.13. The van der Waals surface area contributed by atoms with Crippen molar-refractivity contribution in [1.82, 2.24) is 0 Å². The molecule has 3 aromatic carbocycles. The molecule has 0 saturated heterocycles. The summed E-state index contributed by atoms with van der Waals surface area (Å²) >= 11 is 5.97. The first-order chi connectivity index (χ1) is 14.8. The molecule has 0 aliphatic carbocycles. The minimum absolute atomic E-state index is 0.136. The van der Waals surface area contributed by atoms with Crippen LogP contribution >= 0.6 is 11.6 Å². The number of hydrogen-bond acceptors (Lipinski definition) is 3. The smallest absolute Gasteiger partial charge is 0.416 e. The average Bonchev–Trinajstić information content (AvgIpc) is 2.73. The molecule has 0 aliphatic rings. The molecule has 0 aliphatic heterocycles. The second-order valence-corrected chi connectivity index (χ2v) is 6.97. The molecule has 31 heavy (non-hydrogen) atoms. The number of alkyl halides is 3. The molecule has 0 unspecified atom stereocenters. The molecular weight excluding hydrogens is 431 g/mol. The number of halogens is 4. The SMILES string of the molecule is CCOc1ccc(C(=O)Nc2ccc(C(F)(F)F)cc2)cc1COc1cccc(Cl)c1. The molecule has 3 aromatic rings. The van der Waals surface area contributed by atoms with Crippen LogP contribution in [-0.2, 0) is 12.8 Å². The van der Waals surface area contributed by atoms with Gasteiger partial charge in [-0.25, -0.2) is 0 Å². The molecule has 0 radical (unpaired) electrons. The second-order valence-electron chi connectivity index (χ2n) is 6.53. The molecule has 1 amide bonds. The Kier molecular flexibility index (Phi) is 7.07. The van der Waals surface area contributed by atoms with E-state index in [1.165, 1.54) is 12.1 Å². The summed E-state index contributed by atoms with van der Waals surface area (Å²) in [6, 6.07) is 16.0. The van der Waals surface area contributed by atoms with E-state index in [1.807, 2.05) is 6.92 Å². The zero-order valence-corrected chi connectivity index (χ0v) is 17.3. The minimum atomic E-state index is -4.43. The highest BCUT2D eigenvalue weighted by Crippen LogP contribution is 2.30. The van der Waals surface area contributed by atoms with E-state index < -0.39 is 17.6 Å². The summed E-state index contributed by atoms with van der Waals surface area (Å²) in [5.41, 5.74) is 0.422. The Morgan fingerprint density at radius 1 is 1.00 bits per heavy atom. The van der Waals surface area contributed by atoms with E-state index in [2.05, 4.69) is 5.32 Å². The molecule has 0 atom stereocenters. The van der Waals surface area contributed by atoms with Crippen molar-refractivity contribution in [3.63, 3.8) is 0 Å². The topological polar surface area (TPSA) is 47.6 Å². The highest BCUT2D eigenvalue weighted by atomic mass is 35.5. The van der Waals surface area contributed by atoms with E-state index in [0.29, 0.717) is 34.3 Å². The predicted octanol–water partition coefficient (Wildman–Crippen LogP) is 6.59. The lowest BCUT2D eigenvalue weighted by atomic mass is 10.1. The molecule has 0 aromatic heterocycles. The van der Waals surface area contributed by atoms with Gasteiger partial charge in [0.05, 0.1) is 12.2 Å². The molecule has 0 saturated carbocycles. The van der Waals surface area contributed by atoms with Crippen LogP contribution in [0.2, 0.25) is 5.02 Å². The van der Waals surface area contributed by atoms with Gasteiger partial charge in [-0.1, -0.05) is 17.7 Å². The molecule has 0 bridgehead atoms. The molecule has 0 spiro atoms. The van der Waals surface area contributed by atoms with Crippen LogP contribution in [-0.4, -0.2) is 12.5 Å². The summed E-state index contributed by atoms with van der Waals surface area (Å²) in [5.74, 6) is 0.664. The summed E-state index contributed by atoms with van der Waals surface area (Å²) in [5, 5.41) is 3.13. The van der Waals surface area contributed by atoms with E-state index in [0.717, 1.165) is 12.1 Å². The molecule has 8 heteroatoms. The van der Waals surface area contributed by atoms with E-state index in [1.54, 1.807) is 42.5 Å². The van der Waals surface area contributed by atoms with Crippen molar-refractivity contribution in [1.29, 1.82) is 0 Å². The van der Waals surface area contributed by atoms with Crippen LogP contribution in [0.4, 0.5) is 18.9 Å². The Morgan fingerprint density at radius 3 is 2.39 bits per heavy atom. The van der Waals surface area contributed by atoms with Crippen LogP contribution in [0.3, 0.4) is 0 Å². The van der Waals surface area contributed by atoms with Gasteiger partial charge in [-0.2, -0.15) is 13.2 Å². The quantitative estimate of drug-likeness (QED) is 0.442. The summed E-state index contributed by atoms with van der Waals surface area (Å²) in [7, 11) is 0. The van der Waals surface area contributed by atoms with Crippen molar-refractivity contribution in [2.45, 2.75) is 19.7 Å². The number of nitrogens with one attached hydrogen (secondary N) is 1. The maximum atomic E-state index is 12.7. The first-order valence-corrected chi connectivity index (χ1v) is 9.77. The molecule has 4 nitrogen and oxygen atoms in total. The second kappa shape index (κ2) is 9.75. The van der Waals surface area contributed by atoms with Crippen LogP contribution in [0.15, 0.2) is 66.7 Å². The summed E-state index contributed by atoms with van der Waals surface area (Å²) in [6.45, 7) is 2.41. The Labute approximate surface area is 182 Å². The van der Waals surface area contributed by atoms with Gasteiger partial charge < -0.3 is 14.8 Å². The molecule has 3 rings (SSSR count). The third-order valence-corrected chi connectivity index (χ3v) is 4.52. The standard InChI is InChI=1S/C23H19ClF3NO3/c1-2-30-21-11-6-15(12-16(21)14-31-20-5-3-4-18(24)13-20)22(29)28-19-9-7-17(8-10-19)23(25,26)27/h3-13H,2,14H2,1H3,(H,28,29). The van der Waals surface area contributed by atoms with Crippen LogP contribution in [0.1, 0.15) is 28.4 Å². The number of ether oxygens (including phenoxy) is 2. The van der Waals surface area contributed by atoms with Crippen molar-refractivity contribution in [2.24, 2.45) is 0 Å². The fourth-order valence-electron chi connectivity index (χ4n) is 2.79. The Balaban J connectivity index is 1.76. The molecule has 1 N–H and O–H groups in total. The summed E-state index contributed by atoms with van der Waals surface area (Å²) < 4.78 is 49.4. The zero-order chi connectivity index (χ0) is 22.4. The van der Waals surface area contributed by atoms with Gasteiger partial charge in [-0.3, -0.25) is 4.79 Å². The Bertz CT molecular complexity index is 1050. The number of carbonyl (C=O) groups excluding carboxylic acids is 1. The van der Waals surface area contributed by atoms with Crippen LogP contribution in [0, 0.1) is 0 Å². The molecule has 0 heterocycles. The Hall–Kier alpha value is -3.19. The van der Waals surface area contributed by atoms with Crippen molar-refractivity contribution >= 4 is 23.2 Å². The minimum Gasteiger partial charge on any atom is -0.493 e. The predicted molar refractivity (Wildman–Crippen MR) is 113 cm³/mol. The van der Waals surface area contributed by atoms with Gasteiger partial charge in [-0.05, 0) is 67.6 Å². The third kappa shape index (κ3) is 6.15. The number of hydrogen-bond donors (Lipinski definition) is 1. The lowest BCUT2D eigenvalue weighted by molar-refractivity contribution is -0.137.